The van der Waals surface area contributed by atoms with E-state index in [1.54, 1.807) is 0 Å². The van der Waals surface area contributed by atoms with Gasteiger partial charge in [0.1, 0.15) is 22.9 Å². The molecular weight excluding hydrogens is 628 g/mol. The number of nitrogens with zero attached hydrogens (tertiary/aromatic N) is 6. The summed E-state index contributed by atoms with van der Waals surface area (Å²) in [5, 5.41) is 0. The van der Waals surface area contributed by atoms with Gasteiger partial charge in [0.15, 0.2) is 0 Å². The van der Waals surface area contributed by atoms with Crippen molar-refractivity contribution in [3.05, 3.63) is 72.3 Å². The van der Waals surface area contributed by atoms with E-state index < -0.39 is 11.2 Å². The molecule has 2 fully saturated rings. The van der Waals surface area contributed by atoms with Crippen LogP contribution in [0.1, 0.15) is 91.0 Å². The summed E-state index contributed by atoms with van der Waals surface area (Å²) in [6.07, 6.45) is 3.00. The van der Waals surface area contributed by atoms with E-state index in [0.29, 0.717) is 13.1 Å². The Morgan fingerprint density at radius 1 is 0.600 bits per heavy atom. The molecule has 3 aromatic carbocycles. The number of carbonyl (C=O) groups excluding carboxylic acids is 2. The zero-order valence-corrected chi connectivity index (χ0v) is 30.5. The molecule has 0 N–H and O–H groups in total. The van der Waals surface area contributed by atoms with Crippen LogP contribution in [0.5, 0.6) is 0 Å². The molecule has 0 bridgehead atoms. The molecule has 10 nitrogen and oxygen atoms in total. The predicted octanol–water partition coefficient (Wildman–Crippen LogP) is 8.94. The molecule has 2 amide bonds. The molecular formula is C40H48N6O4. The van der Waals surface area contributed by atoms with Gasteiger partial charge in [0, 0.05) is 27.2 Å². The van der Waals surface area contributed by atoms with Crippen LogP contribution in [-0.2, 0) is 23.6 Å². The standard InChI is InChI=1S/C40H48N6O4/c1-39(2,3)49-37(47)45-21-9-11-33(45)35-41-29-23-27(17-19-31(29)43(35)7)25-13-15-26(16-14-25)28-18-20-32-30(24-28)42-36(44(32)8)34-12-10-22-46(34)38(48)50-40(4,5)6/h13-20,23-24,33-34H,9-12,21-22H2,1-8H3/t33-,34-/m0/s1. The number of carbonyl (C=O) groups is 2. The van der Waals surface area contributed by atoms with E-state index in [9.17, 15) is 9.59 Å². The minimum atomic E-state index is -0.544. The van der Waals surface area contributed by atoms with Crippen LogP contribution >= 0.6 is 0 Å². The average molecular weight is 677 g/mol. The SMILES string of the molecule is Cn1c([C@@H]2CCCN2C(=O)OC(C)(C)C)nc2cc(-c3ccc(-c4ccc5c(c4)nc([C@@H]4CCCN4C(=O)OC(C)(C)C)n5C)cc3)ccc21. The van der Waals surface area contributed by atoms with Crippen LogP contribution in [0.3, 0.4) is 0 Å². The van der Waals surface area contributed by atoms with E-state index in [2.05, 4.69) is 69.8 Å². The number of ether oxygens (including phenoxy) is 2. The number of fused-ring (bicyclic) bond motifs is 2. The lowest BCUT2D eigenvalue weighted by Crippen LogP contribution is -2.37. The number of aromatic nitrogens is 4. The smallest absolute Gasteiger partial charge is 0.410 e. The Hall–Kier alpha value is -4.86. The van der Waals surface area contributed by atoms with E-state index >= 15 is 0 Å². The Labute approximate surface area is 294 Å². The summed E-state index contributed by atoms with van der Waals surface area (Å²) >= 11 is 0. The van der Waals surface area contributed by atoms with Crippen LogP contribution in [0.2, 0.25) is 0 Å². The van der Waals surface area contributed by atoms with E-state index in [1.165, 1.54) is 0 Å². The van der Waals surface area contributed by atoms with Crippen LogP contribution in [-0.4, -0.2) is 65.4 Å². The lowest BCUT2D eigenvalue weighted by atomic mass is 10.00. The summed E-state index contributed by atoms with van der Waals surface area (Å²) in [5.74, 6) is 1.77. The van der Waals surface area contributed by atoms with Gasteiger partial charge in [-0.05, 0) is 114 Å². The number of likely N-dealkylation sites (tertiary alicyclic amines) is 2. The maximum Gasteiger partial charge on any atom is 0.410 e. The number of imidazole rings is 2. The third-order valence-electron chi connectivity index (χ3n) is 9.74. The highest BCUT2D eigenvalue weighted by molar-refractivity contribution is 5.85. The lowest BCUT2D eigenvalue weighted by molar-refractivity contribution is 0.0206. The highest BCUT2D eigenvalue weighted by Gasteiger charge is 2.37. The van der Waals surface area contributed by atoms with Crippen molar-refractivity contribution >= 4 is 34.3 Å². The third kappa shape index (κ3) is 6.43. The molecule has 0 spiro atoms. The highest BCUT2D eigenvalue weighted by Crippen LogP contribution is 2.37. The first-order valence-corrected chi connectivity index (χ1v) is 17.7. The summed E-state index contributed by atoms with van der Waals surface area (Å²) in [7, 11) is 4.05. The first kappa shape index (κ1) is 33.6. The largest absolute Gasteiger partial charge is 0.444 e. The highest BCUT2D eigenvalue weighted by atomic mass is 16.6. The second-order valence-corrected chi connectivity index (χ2v) is 15.7. The predicted molar refractivity (Wildman–Crippen MR) is 196 cm³/mol. The maximum absolute atomic E-state index is 13.0. The summed E-state index contributed by atoms with van der Waals surface area (Å²) in [5.41, 5.74) is 7.16. The van der Waals surface area contributed by atoms with Gasteiger partial charge in [-0.25, -0.2) is 19.6 Å². The van der Waals surface area contributed by atoms with E-state index in [0.717, 1.165) is 81.7 Å². The van der Waals surface area contributed by atoms with Gasteiger partial charge in [0.05, 0.1) is 34.2 Å². The molecule has 0 unspecified atom stereocenters. The Balaban J connectivity index is 1.11. The van der Waals surface area contributed by atoms with Crippen LogP contribution in [0.25, 0.3) is 44.3 Å². The van der Waals surface area contributed by atoms with Crippen molar-refractivity contribution in [2.24, 2.45) is 14.1 Å². The first-order chi connectivity index (χ1) is 23.7. The zero-order valence-electron chi connectivity index (χ0n) is 30.5. The summed E-state index contributed by atoms with van der Waals surface area (Å²) in [6, 6.07) is 21.1. The molecule has 50 heavy (non-hydrogen) atoms. The molecule has 2 saturated heterocycles. The number of aryl methyl sites for hydroxylation is 2. The number of benzene rings is 3. The second kappa shape index (κ2) is 12.5. The molecule has 0 saturated carbocycles. The summed E-state index contributed by atoms with van der Waals surface area (Å²) in [4.78, 5) is 39.7. The molecule has 0 aliphatic carbocycles. The van der Waals surface area contributed by atoms with Crippen molar-refractivity contribution in [1.82, 2.24) is 28.9 Å². The van der Waals surface area contributed by atoms with Gasteiger partial charge in [0.25, 0.3) is 0 Å². The van der Waals surface area contributed by atoms with Gasteiger partial charge >= 0.3 is 12.2 Å². The van der Waals surface area contributed by atoms with Gasteiger partial charge in [0.2, 0.25) is 0 Å². The molecule has 262 valence electrons. The fourth-order valence-corrected chi connectivity index (χ4v) is 7.40. The van der Waals surface area contributed by atoms with E-state index in [1.807, 2.05) is 65.4 Å². The Morgan fingerprint density at radius 3 is 1.32 bits per heavy atom. The van der Waals surface area contributed by atoms with Crippen molar-refractivity contribution in [2.75, 3.05) is 13.1 Å². The van der Waals surface area contributed by atoms with Crippen LogP contribution in [0.4, 0.5) is 9.59 Å². The van der Waals surface area contributed by atoms with Gasteiger partial charge in [-0.2, -0.15) is 0 Å². The minimum Gasteiger partial charge on any atom is -0.444 e. The minimum absolute atomic E-state index is 0.111. The second-order valence-electron chi connectivity index (χ2n) is 15.7. The number of hydrogen-bond donors (Lipinski definition) is 0. The lowest BCUT2D eigenvalue weighted by Gasteiger charge is -2.28. The molecule has 5 aromatic rings. The molecule has 7 rings (SSSR count). The van der Waals surface area contributed by atoms with Gasteiger partial charge in [-0.15, -0.1) is 0 Å². The van der Waals surface area contributed by atoms with Crippen molar-refractivity contribution in [2.45, 2.75) is 90.5 Å². The van der Waals surface area contributed by atoms with Gasteiger partial charge in [-0.1, -0.05) is 36.4 Å². The maximum atomic E-state index is 13.0. The monoisotopic (exact) mass is 676 g/mol. The van der Waals surface area contributed by atoms with Crippen LogP contribution in [0.15, 0.2) is 60.7 Å². The molecule has 0 radical (unpaired) electrons. The molecule has 2 atom stereocenters. The molecule has 10 heteroatoms. The van der Waals surface area contributed by atoms with E-state index in [-0.39, 0.29) is 24.3 Å². The normalized spacial score (nSPS) is 18.4. The van der Waals surface area contributed by atoms with Crippen molar-refractivity contribution in [1.29, 1.82) is 0 Å². The Morgan fingerprint density at radius 2 is 0.960 bits per heavy atom. The fourth-order valence-electron chi connectivity index (χ4n) is 7.40. The van der Waals surface area contributed by atoms with Gasteiger partial charge < -0.3 is 18.6 Å². The number of hydrogen-bond acceptors (Lipinski definition) is 6. The van der Waals surface area contributed by atoms with Crippen molar-refractivity contribution < 1.29 is 19.1 Å². The number of rotatable bonds is 4. The Bertz CT molecular complexity index is 1930. The first-order valence-electron chi connectivity index (χ1n) is 17.7. The van der Waals surface area contributed by atoms with Crippen LogP contribution < -0.4 is 0 Å². The Kier molecular flexibility index (Phi) is 8.39. The van der Waals surface area contributed by atoms with E-state index in [4.69, 9.17) is 19.4 Å². The van der Waals surface area contributed by atoms with Crippen LogP contribution in [0, 0.1) is 0 Å². The topological polar surface area (TPSA) is 94.7 Å². The van der Waals surface area contributed by atoms with Crippen molar-refractivity contribution in [3.63, 3.8) is 0 Å². The fraction of sp³-hybridized carbons (Fsp3) is 0.450. The van der Waals surface area contributed by atoms with Crippen molar-refractivity contribution in [3.8, 4) is 22.3 Å². The molecule has 2 aromatic heterocycles. The summed E-state index contributed by atoms with van der Waals surface area (Å²) < 4.78 is 15.6. The third-order valence-corrected chi connectivity index (χ3v) is 9.74. The quantitative estimate of drug-likeness (QED) is 0.189. The molecule has 4 heterocycles. The zero-order chi connectivity index (χ0) is 35.5. The molecule has 2 aliphatic rings. The average Bonchev–Trinajstić information content (AvgIpc) is 3.85. The summed E-state index contributed by atoms with van der Waals surface area (Å²) in [6.45, 7) is 12.7. The van der Waals surface area contributed by atoms with Gasteiger partial charge in [-0.3, -0.25) is 9.80 Å². The number of amides is 2. The molecule has 2 aliphatic heterocycles.